The van der Waals surface area contributed by atoms with Gasteiger partial charge in [-0.2, -0.15) is 0 Å². The molecule has 1 N–H and O–H groups in total. The molecule has 0 saturated carbocycles. The Morgan fingerprint density at radius 1 is 1.09 bits per heavy atom. The van der Waals surface area contributed by atoms with Gasteiger partial charge < -0.3 is 9.26 Å². The molecule has 2 aromatic carbocycles. The largest absolute Gasteiger partial charge is 0.489 e. The van der Waals surface area contributed by atoms with E-state index in [9.17, 15) is 4.79 Å². The fourth-order valence-corrected chi connectivity index (χ4v) is 3.65. The lowest BCUT2D eigenvalue weighted by molar-refractivity contribution is 0.101. The molecule has 0 unspecified atom stereocenters. The normalized spacial score (nSPS) is 10.9. The van der Waals surface area contributed by atoms with Crippen LogP contribution in [-0.2, 0) is 13.2 Å². The summed E-state index contributed by atoms with van der Waals surface area (Å²) in [5.41, 5.74) is 3.66. The van der Waals surface area contributed by atoms with Gasteiger partial charge in [0.15, 0.2) is 5.69 Å². The van der Waals surface area contributed by atoms with Crippen molar-refractivity contribution in [3.8, 4) is 5.75 Å². The summed E-state index contributed by atoms with van der Waals surface area (Å²) < 4.78 is 12.6. The van der Waals surface area contributed by atoms with Crippen LogP contribution in [0.5, 0.6) is 5.75 Å². The highest BCUT2D eigenvalue weighted by molar-refractivity contribution is 6.35. The van der Waals surface area contributed by atoms with Crippen LogP contribution in [0.2, 0.25) is 10.0 Å². The zero-order chi connectivity index (χ0) is 23.5. The van der Waals surface area contributed by atoms with Crippen LogP contribution in [0.4, 0.5) is 5.95 Å². The Morgan fingerprint density at radius 3 is 2.58 bits per heavy atom. The first-order valence-electron chi connectivity index (χ1n) is 10.1. The molecule has 0 aliphatic heterocycles. The monoisotopic (exact) mass is 485 g/mol. The number of anilines is 1. The number of benzene rings is 2. The molecule has 0 aliphatic carbocycles. The van der Waals surface area contributed by atoms with Gasteiger partial charge in [0.05, 0.1) is 12.1 Å². The Hall–Kier alpha value is -3.36. The number of nitrogens with zero attached hydrogens (tertiary/aromatic N) is 4. The van der Waals surface area contributed by atoms with Crippen LogP contribution in [0.25, 0.3) is 0 Å². The van der Waals surface area contributed by atoms with Crippen LogP contribution in [-0.4, -0.2) is 25.8 Å². The fraction of sp³-hybridized carbons (Fsp3) is 0.217. The number of carbonyl (C=O) groups excluding carboxylic acids is 1. The number of nitrogens with one attached hydrogen (secondary N) is 1. The Balaban J connectivity index is 1.45. The van der Waals surface area contributed by atoms with E-state index in [1.54, 1.807) is 25.1 Å². The van der Waals surface area contributed by atoms with E-state index in [0.29, 0.717) is 39.2 Å². The van der Waals surface area contributed by atoms with Crippen LogP contribution in [0.3, 0.4) is 0 Å². The third-order valence-electron chi connectivity index (χ3n) is 5.20. The van der Waals surface area contributed by atoms with E-state index in [2.05, 4.69) is 20.6 Å². The number of amides is 1. The van der Waals surface area contributed by atoms with Crippen molar-refractivity contribution < 1.29 is 14.1 Å². The maximum atomic E-state index is 12.8. The number of hydrogen-bond acceptors (Lipinski definition) is 6. The molecule has 4 rings (SSSR count). The molecule has 0 fully saturated rings. The Kier molecular flexibility index (Phi) is 6.67. The molecule has 4 aromatic rings. The van der Waals surface area contributed by atoms with Gasteiger partial charge in [0.25, 0.3) is 5.91 Å². The summed E-state index contributed by atoms with van der Waals surface area (Å²) in [5, 5.41) is 11.8. The van der Waals surface area contributed by atoms with E-state index in [1.165, 1.54) is 16.6 Å². The smallest absolute Gasteiger partial charge is 0.280 e. The standard InChI is InChI=1S/C23H21Cl2N5O3/c1-13-7-8-16(9-14(13)2)32-11-18-15(3)33-29-21(18)22(31)27-23-26-12-30(28-23)10-17-19(24)5-4-6-20(17)25/h4-9,12H,10-11H2,1-3H3,(H,27,28,31). The molecule has 0 spiro atoms. The van der Waals surface area contributed by atoms with Crippen molar-refractivity contribution in [3.63, 3.8) is 0 Å². The lowest BCUT2D eigenvalue weighted by Crippen LogP contribution is -2.16. The zero-order valence-electron chi connectivity index (χ0n) is 18.2. The van der Waals surface area contributed by atoms with Crippen molar-refractivity contribution in [1.29, 1.82) is 0 Å². The van der Waals surface area contributed by atoms with Gasteiger partial charge in [-0.1, -0.05) is 40.5 Å². The van der Waals surface area contributed by atoms with Gasteiger partial charge >= 0.3 is 0 Å². The van der Waals surface area contributed by atoms with E-state index in [1.807, 2.05) is 32.0 Å². The van der Waals surface area contributed by atoms with Crippen molar-refractivity contribution >= 4 is 35.1 Å². The summed E-state index contributed by atoms with van der Waals surface area (Å²) in [6.45, 7) is 6.21. The lowest BCUT2D eigenvalue weighted by Gasteiger charge is -2.08. The molecule has 2 aromatic heterocycles. The number of halogens is 2. The van der Waals surface area contributed by atoms with E-state index in [4.69, 9.17) is 32.5 Å². The summed E-state index contributed by atoms with van der Waals surface area (Å²) in [7, 11) is 0. The van der Waals surface area contributed by atoms with Gasteiger partial charge in [0.2, 0.25) is 5.95 Å². The molecule has 33 heavy (non-hydrogen) atoms. The van der Waals surface area contributed by atoms with Crippen LogP contribution < -0.4 is 10.1 Å². The molecule has 2 heterocycles. The number of aryl methyl sites for hydroxylation is 3. The molecular weight excluding hydrogens is 465 g/mol. The van der Waals surface area contributed by atoms with Crippen LogP contribution in [0.1, 0.15) is 38.5 Å². The molecule has 0 radical (unpaired) electrons. The number of ether oxygens (including phenoxy) is 1. The van der Waals surface area contributed by atoms with Crippen molar-refractivity contribution in [2.24, 2.45) is 0 Å². The van der Waals surface area contributed by atoms with E-state index < -0.39 is 5.91 Å². The van der Waals surface area contributed by atoms with E-state index in [-0.39, 0.29) is 18.2 Å². The number of carbonyl (C=O) groups is 1. The topological polar surface area (TPSA) is 95.1 Å². The van der Waals surface area contributed by atoms with E-state index >= 15 is 0 Å². The summed E-state index contributed by atoms with van der Waals surface area (Å²) >= 11 is 12.4. The summed E-state index contributed by atoms with van der Waals surface area (Å²) in [5.74, 6) is 0.809. The van der Waals surface area contributed by atoms with Crippen molar-refractivity contribution in [2.75, 3.05) is 5.32 Å². The van der Waals surface area contributed by atoms with E-state index in [0.717, 1.165) is 5.56 Å². The summed E-state index contributed by atoms with van der Waals surface area (Å²) in [4.78, 5) is 16.9. The Morgan fingerprint density at radius 2 is 1.85 bits per heavy atom. The van der Waals surface area contributed by atoms with Crippen LogP contribution >= 0.6 is 23.2 Å². The first-order chi connectivity index (χ1) is 15.8. The quantitative estimate of drug-likeness (QED) is 0.377. The third kappa shape index (κ3) is 5.18. The summed E-state index contributed by atoms with van der Waals surface area (Å²) in [6.07, 6.45) is 1.48. The zero-order valence-corrected chi connectivity index (χ0v) is 19.7. The van der Waals surface area contributed by atoms with Gasteiger partial charge in [-0.05, 0) is 56.2 Å². The third-order valence-corrected chi connectivity index (χ3v) is 5.91. The molecule has 0 aliphatic rings. The molecular formula is C23H21Cl2N5O3. The molecule has 8 nitrogen and oxygen atoms in total. The van der Waals surface area contributed by atoms with Crippen molar-refractivity contribution in [2.45, 2.75) is 33.9 Å². The predicted octanol–water partition coefficient (Wildman–Crippen LogP) is 5.38. The minimum absolute atomic E-state index is 0.113. The number of aromatic nitrogens is 4. The predicted molar refractivity (Wildman–Crippen MR) is 125 cm³/mol. The van der Waals surface area contributed by atoms with Gasteiger partial charge in [0.1, 0.15) is 24.4 Å². The molecule has 1 amide bonds. The minimum Gasteiger partial charge on any atom is -0.489 e. The SMILES string of the molecule is Cc1ccc(OCc2c(C(=O)Nc3ncn(Cc4c(Cl)cccc4Cl)n3)noc2C)cc1C. The maximum absolute atomic E-state index is 12.8. The molecule has 0 saturated heterocycles. The average Bonchev–Trinajstić information content (AvgIpc) is 3.37. The first kappa shape index (κ1) is 22.8. The highest BCUT2D eigenvalue weighted by Crippen LogP contribution is 2.25. The van der Waals surface area contributed by atoms with Gasteiger partial charge in [-0.3, -0.25) is 10.1 Å². The Labute approximate surface area is 200 Å². The molecule has 170 valence electrons. The van der Waals surface area contributed by atoms with Gasteiger partial charge in [-0.25, -0.2) is 9.67 Å². The van der Waals surface area contributed by atoms with Crippen LogP contribution in [0, 0.1) is 20.8 Å². The molecule has 10 heteroatoms. The number of hydrogen-bond donors (Lipinski definition) is 1. The lowest BCUT2D eigenvalue weighted by atomic mass is 10.1. The van der Waals surface area contributed by atoms with Gasteiger partial charge in [0, 0.05) is 15.6 Å². The van der Waals surface area contributed by atoms with Crippen molar-refractivity contribution in [3.05, 3.63) is 86.5 Å². The minimum atomic E-state index is -0.501. The van der Waals surface area contributed by atoms with Crippen molar-refractivity contribution in [1.82, 2.24) is 19.9 Å². The number of rotatable bonds is 7. The summed E-state index contributed by atoms with van der Waals surface area (Å²) in [6, 6.07) is 11.1. The second kappa shape index (κ2) is 9.64. The Bertz CT molecular complexity index is 1300. The highest BCUT2D eigenvalue weighted by atomic mass is 35.5. The average molecular weight is 486 g/mol. The second-order valence-electron chi connectivity index (χ2n) is 7.52. The molecule has 0 bridgehead atoms. The molecule has 0 atom stereocenters. The highest BCUT2D eigenvalue weighted by Gasteiger charge is 2.22. The van der Waals surface area contributed by atoms with Crippen LogP contribution in [0.15, 0.2) is 47.2 Å². The fourth-order valence-electron chi connectivity index (χ4n) is 3.13. The second-order valence-corrected chi connectivity index (χ2v) is 8.34. The maximum Gasteiger partial charge on any atom is 0.280 e. The first-order valence-corrected chi connectivity index (χ1v) is 10.9. The van der Waals surface area contributed by atoms with Gasteiger partial charge in [-0.15, -0.1) is 5.10 Å².